The molecule has 0 aromatic heterocycles. The highest BCUT2D eigenvalue weighted by Gasteiger charge is 2.28. The third-order valence-corrected chi connectivity index (χ3v) is 4.99. The number of imide groups is 1. The highest BCUT2D eigenvalue weighted by atomic mass is 32.2. The number of aliphatic carboxylic acids is 1. The molecule has 5 N–H and O–H groups in total. The fourth-order valence-corrected chi connectivity index (χ4v) is 3.02. The van der Waals surface area contributed by atoms with Crippen molar-refractivity contribution in [1.29, 1.82) is 0 Å². The third-order valence-electron chi connectivity index (χ3n) is 3.94. The Morgan fingerprint density at radius 3 is 2.41 bits per heavy atom. The number of amides is 3. The molecule has 2 atom stereocenters. The number of hydrogen-bond acceptors (Lipinski definition) is 10. The standard InChI is InChI=1S/C18H30N4O9S/c1-4-5-8-31-17(27)13(21-30-3)10-32-9-12(15(24)22(2)18(28)29)20-14(23)7-6-11(19)16(25)26/h11-12H,4-10,19H2,1-3H3,(H,20,23)(H,25,26)(H,28,29). The SMILES string of the molecule is CCCCOC(=O)C(CSCC(NC(=O)CCC(N)C(=O)O)C(=O)N(C)C(=O)O)=NOC. The van der Waals surface area contributed by atoms with Gasteiger partial charge in [-0.05, 0) is 12.8 Å². The predicted molar refractivity (Wildman–Crippen MR) is 115 cm³/mol. The lowest BCUT2D eigenvalue weighted by molar-refractivity contribution is -0.139. The maximum absolute atomic E-state index is 12.4. The van der Waals surface area contributed by atoms with E-state index < -0.39 is 41.9 Å². The first kappa shape index (κ1) is 29.1. The summed E-state index contributed by atoms with van der Waals surface area (Å²) in [5.41, 5.74) is 5.30. The summed E-state index contributed by atoms with van der Waals surface area (Å²) in [6, 6.07) is -2.51. The maximum Gasteiger partial charge on any atom is 0.413 e. The molecule has 0 rings (SSSR count). The zero-order valence-electron chi connectivity index (χ0n) is 18.2. The van der Waals surface area contributed by atoms with Gasteiger partial charge in [-0.25, -0.2) is 14.5 Å². The van der Waals surface area contributed by atoms with E-state index in [0.29, 0.717) is 11.3 Å². The predicted octanol–water partition coefficient (Wildman–Crippen LogP) is -0.121. The number of likely N-dealkylation sites (N-methyl/N-ethyl adjacent to an activating group) is 1. The van der Waals surface area contributed by atoms with Gasteiger partial charge >= 0.3 is 18.0 Å². The van der Waals surface area contributed by atoms with Crippen LogP contribution in [0.2, 0.25) is 0 Å². The summed E-state index contributed by atoms with van der Waals surface area (Å²) in [5.74, 6) is -3.68. The molecule has 0 aliphatic carbocycles. The van der Waals surface area contributed by atoms with Crippen molar-refractivity contribution in [2.45, 2.75) is 44.7 Å². The lowest BCUT2D eigenvalue weighted by atomic mass is 10.1. The number of thioether (sulfide) groups is 1. The molecule has 14 heteroatoms. The van der Waals surface area contributed by atoms with Gasteiger partial charge < -0.3 is 30.8 Å². The monoisotopic (exact) mass is 478 g/mol. The van der Waals surface area contributed by atoms with E-state index in [1.54, 1.807) is 0 Å². The summed E-state index contributed by atoms with van der Waals surface area (Å²) in [6.07, 6.45) is -0.462. The van der Waals surface area contributed by atoms with Crippen molar-refractivity contribution in [2.24, 2.45) is 10.9 Å². The number of oxime groups is 1. The van der Waals surface area contributed by atoms with Gasteiger partial charge in [0.2, 0.25) is 5.91 Å². The molecule has 0 aliphatic heterocycles. The van der Waals surface area contributed by atoms with Crippen LogP contribution in [0.1, 0.15) is 32.6 Å². The summed E-state index contributed by atoms with van der Waals surface area (Å²) in [7, 11) is 2.28. The molecule has 13 nitrogen and oxygen atoms in total. The van der Waals surface area contributed by atoms with Gasteiger partial charge in [-0.1, -0.05) is 18.5 Å². The van der Waals surface area contributed by atoms with E-state index in [9.17, 15) is 24.0 Å². The number of esters is 1. The molecule has 0 saturated carbocycles. The van der Waals surface area contributed by atoms with Crippen LogP contribution in [0, 0.1) is 0 Å². The summed E-state index contributed by atoms with van der Waals surface area (Å²) in [4.78, 5) is 63.5. The van der Waals surface area contributed by atoms with Gasteiger partial charge in [-0.2, -0.15) is 11.8 Å². The molecule has 0 saturated heterocycles. The van der Waals surface area contributed by atoms with Crippen molar-refractivity contribution in [3.63, 3.8) is 0 Å². The first-order valence-corrected chi connectivity index (χ1v) is 10.8. The van der Waals surface area contributed by atoms with E-state index in [4.69, 9.17) is 20.7 Å². The van der Waals surface area contributed by atoms with Gasteiger partial charge in [0.1, 0.15) is 19.2 Å². The summed E-state index contributed by atoms with van der Waals surface area (Å²) in [5, 5.41) is 23.8. The molecule has 2 unspecified atom stereocenters. The molecule has 0 aromatic rings. The van der Waals surface area contributed by atoms with Crippen LogP contribution < -0.4 is 11.1 Å². The summed E-state index contributed by atoms with van der Waals surface area (Å²) >= 11 is 1.02. The number of nitrogens with two attached hydrogens (primary N) is 1. The Balaban J connectivity index is 5.08. The molecule has 0 fully saturated rings. The normalized spacial score (nSPS) is 12.9. The molecule has 182 valence electrons. The smallest absolute Gasteiger partial charge is 0.413 e. The van der Waals surface area contributed by atoms with Crippen LogP contribution in [0.5, 0.6) is 0 Å². The van der Waals surface area contributed by atoms with Gasteiger partial charge in [0.15, 0.2) is 5.71 Å². The number of carboxylic acid groups (broad SMARTS) is 2. The Bertz CT molecular complexity index is 702. The highest BCUT2D eigenvalue weighted by Crippen LogP contribution is 2.09. The average molecular weight is 479 g/mol. The van der Waals surface area contributed by atoms with Crippen molar-refractivity contribution in [3.8, 4) is 0 Å². The molecule has 3 amide bonds. The van der Waals surface area contributed by atoms with Crippen LogP contribution >= 0.6 is 11.8 Å². The minimum absolute atomic E-state index is 0.0286. The Morgan fingerprint density at radius 1 is 1.22 bits per heavy atom. The maximum atomic E-state index is 12.4. The second-order valence-corrected chi connectivity index (χ2v) is 7.54. The average Bonchev–Trinajstić information content (AvgIpc) is 2.74. The molecule has 0 heterocycles. The highest BCUT2D eigenvalue weighted by molar-refractivity contribution is 8.00. The lowest BCUT2D eigenvalue weighted by Gasteiger charge is -2.21. The number of nitrogens with zero attached hydrogens (tertiary/aromatic N) is 2. The number of rotatable bonds is 15. The van der Waals surface area contributed by atoms with Crippen LogP contribution in [0.3, 0.4) is 0 Å². The van der Waals surface area contributed by atoms with E-state index in [0.717, 1.165) is 25.2 Å². The van der Waals surface area contributed by atoms with E-state index in [1.165, 1.54) is 7.11 Å². The second kappa shape index (κ2) is 15.9. The molecule has 0 bridgehead atoms. The number of carbonyl (C=O) groups excluding carboxylic acids is 3. The Kier molecular flexibility index (Phi) is 14.4. The lowest BCUT2D eigenvalue weighted by Crippen LogP contribution is -2.50. The number of nitrogens with one attached hydrogen (secondary N) is 1. The van der Waals surface area contributed by atoms with Crippen LogP contribution in [0.4, 0.5) is 4.79 Å². The van der Waals surface area contributed by atoms with Crippen molar-refractivity contribution in [3.05, 3.63) is 0 Å². The zero-order valence-corrected chi connectivity index (χ0v) is 19.1. The largest absolute Gasteiger partial charge is 0.480 e. The van der Waals surface area contributed by atoms with Gasteiger partial charge in [0.25, 0.3) is 5.91 Å². The number of unbranched alkanes of at least 4 members (excludes halogenated alkanes) is 1. The van der Waals surface area contributed by atoms with E-state index >= 15 is 0 Å². The van der Waals surface area contributed by atoms with E-state index in [-0.39, 0.29) is 36.7 Å². The Hall–Kier alpha value is -2.87. The quantitative estimate of drug-likeness (QED) is 0.106. The molecule has 32 heavy (non-hydrogen) atoms. The van der Waals surface area contributed by atoms with Crippen LogP contribution in [0.25, 0.3) is 0 Å². The van der Waals surface area contributed by atoms with Gasteiger partial charge in [-0.3, -0.25) is 14.4 Å². The van der Waals surface area contributed by atoms with Crippen LogP contribution in [-0.2, 0) is 28.8 Å². The number of carboxylic acids is 1. The molecular formula is C18H30N4O9S. The first-order chi connectivity index (χ1) is 15.0. The zero-order chi connectivity index (χ0) is 24.7. The third kappa shape index (κ3) is 11.5. The fraction of sp³-hybridized carbons (Fsp3) is 0.667. The summed E-state index contributed by atoms with van der Waals surface area (Å²) in [6.45, 7) is 2.14. The van der Waals surface area contributed by atoms with Gasteiger partial charge in [0.05, 0.1) is 6.61 Å². The Morgan fingerprint density at radius 2 is 1.88 bits per heavy atom. The topological polar surface area (TPSA) is 198 Å². The molecule has 0 spiro atoms. The molecular weight excluding hydrogens is 448 g/mol. The fourth-order valence-electron chi connectivity index (χ4n) is 2.08. The van der Waals surface area contributed by atoms with Crippen LogP contribution in [0.15, 0.2) is 5.16 Å². The minimum atomic E-state index is -1.52. The van der Waals surface area contributed by atoms with Crippen molar-refractivity contribution < 1.29 is 43.8 Å². The van der Waals surface area contributed by atoms with Crippen molar-refractivity contribution >= 4 is 47.3 Å². The molecule has 0 aromatic carbocycles. The van der Waals surface area contributed by atoms with Crippen LogP contribution in [-0.4, -0.2) is 95.0 Å². The van der Waals surface area contributed by atoms with Gasteiger partial charge in [-0.15, -0.1) is 0 Å². The number of hydrogen-bond donors (Lipinski definition) is 4. The number of ether oxygens (including phenoxy) is 1. The van der Waals surface area contributed by atoms with E-state index in [1.807, 2.05) is 6.92 Å². The number of carbonyl (C=O) groups is 5. The minimum Gasteiger partial charge on any atom is -0.480 e. The Labute approximate surface area is 189 Å². The van der Waals surface area contributed by atoms with Gasteiger partial charge in [0, 0.05) is 25.0 Å². The van der Waals surface area contributed by atoms with Crippen molar-refractivity contribution in [2.75, 3.05) is 32.3 Å². The second-order valence-electron chi connectivity index (χ2n) is 6.51. The molecule has 0 aliphatic rings. The van der Waals surface area contributed by atoms with E-state index in [2.05, 4.69) is 15.3 Å². The molecule has 0 radical (unpaired) electrons. The van der Waals surface area contributed by atoms with Crippen molar-refractivity contribution in [1.82, 2.24) is 10.2 Å². The first-order valence-electron chi connectivity index (χ1n) is 9.68. The summed E-state index contributed by atoms with van der Waals surface area (Å²) < 4.78 is 5.06.